The van der Waals surface area contributed by atoms with Crippen LogP contribution in [0.1, 0.15) is 10.4 Å². The summed E-state index contributed by atoms with van der Waals surface area (Å²) in [4.78, 5) is 38.4. The molecule has 1 saturated heterocycles. The molecule has 2 heterocycles. The molecule has 0 unspecified atom stereocenters. The highest BCUT2D eigenvalue weighted by atomic mass is 32.1. The molecular weight excluding hydrogens is 292 g/mol. The summed E-state index contributed by atoms with van der Waals surface area (Å²) in [6.07, 6.45) is 0. The van der Waals surface area contributed by atoms with E-state index in [0.29, 0.717) is 31.7 Å². The Hall–Kier alpha value is -1.93. The lowest BCUT2D eigenvalue weighted by Crippen LogP contribution is -2.52. The van der Waals surface area contributed by atoms with Gasteiger partial charge in [-0.3, -0.25) is 14.4 Å². The van der Waals surface area contributed by atoms with Crippen LogP contribution in [-0.4, -0.2) is 66.8 Å². The summed E-state index contributed by atoms with van der Waals surface area (Å²) < 4.78 is 0. The van der Waals surface area contributed by atoms with Gasteiger partial charge in [-0.2, -0.15) is 11.3 Å². The summed E-state index contributed by atoms with van der Waals surface area (Å²) in [6.45, 7) is 1.79. The van der Waals surface area contributed by atoms with Gasteiger partial charge in [-0.25, -0.2) is 0 Å². The van der Waals surface area contributed by atoms with Crippen molar-refractivity contribution in [3.05, 3.63) is 22.4 Å². The Labute approximate surface area is 126 Å². The molecule has 114 valence electrons. The number of hydrogen-bond donors (Lipinski definition) is 2. The van der Waals surface area contributed by atoms with E-state index in [1.807, 2.05) is 10.8 Å². The number of nitrogens with zero attached hydrogens (tertiary/aromatic N) is 2. The molecule has 0 aliphatic carbocycles. The zero-order valence-corrected chi connectivity index (χ0v) is 12.4. The van der Waals surface area contributed by atoms with E-state index >= 15 is 0 Å². The third kappa shape index (κ3) is 4.02. The van der Waals surface area contributed by atoms with Crippen LogP contribution in [0.15, 0.2) is 16.8 Å². The monoisotopic (exact) mass is 310 g/mol. The first-order valence-electron chi connectivity index (χ1n) is 6.68. The van der Waals surface area contributed by atoms with E-state index in [1.54, 1.807) is 15.9 Å². The van der Waals surface area contributed by atoms with Crippen LogP contribution >= 0.6 is 11.3 Å². The average Bonchev–Trinajstić information content (AvgIpc) is 3.06. The van der Waals surface area contributed by atoms with Crippen molar-refractivity contribution in [2.75, 3.05) is 39.3 Å². The Morgan fingerprint density at radius 2 is 1.86 bits per heavy atom. The predicted molar refractivity (Wildman–Crippen MR) is 78.9 cm³/mol. The number of rotatable bonds is 4. The van der Waals surface area contributed by atoms with Gasteiger partial charge < -0.3 is 20.9 Å². The molecule has 3 amide bonds. The minimum absolute atomic E-state index is 0.000200. The maximum absolute atomic E-state index is 12.1. The fourth-order valence-corrected chi connectivity index (χ4v) is 2.72. The van der Waals surface area contributed by atoms with Crippen LogP contribution in [0.4, 0.5) is 0 Å². The second kappa shape index (κ2) is 7.19. The van der Waals surface area contributed by atoms with E-state index in [9.17, 15) is 14.4 Å². The molecule has 21 heavy (non-hydrogen) atoms. The summed E-state index contributed by atoms with van der Waals surface area (Å²) in [5.41, 5.74) is 5.84. The van der Waals surface area contributed by atoms with Crippen LogP contribution in [0, 0.1) is 0 Å². The molecule has 1 aliphatic heterocycles. The highest BCUT2D eigenvalue weighted by molar-refractivity contribution is 7.08. The van der Waals surface area contributed by atoms with Crippen LogP contribution in [0.3, 0.4) is 0 Å². The summed E-state index contributed by atoms with van der Waals surface area (Å²) in [5, 5.41) is 6.14. The zero-order chi connectivity index (χ0) is 15.2. The van der Waals surface area contributed by atoms with E-state index in [1.165, 1.54) is 11.3 Å². The van der Waals surface area contributed by atoms with Gasteiger partial charge in [0.05, 0.1) is 18.7 Å². The molecule has 0 atom stereocenters. The Morgan fingerprint density at radius 3 is 2.43 bits per heavy atom. The smallest absolute Gasteiger partial charge is 0.254 e. The van der Waals surface area contributed by atoms with E-state index in [4.69, 9.17) is 5.73 Å². The van der Waals surface area contributed by atoms with Gasteiger partial charge in [-0.15, -0.1) is 0 Å². The molecule has 1 fully saturated rings. The Morgan fingerprint density at radius 1 is 1.19 bits per heavy atom. The van der Waals surface area contributed by atoms with Crippen molar-refractivity contribution in [2.45, 2.75) is 0 Å². The molecule has 2 rings (SSSR count). The summed E-state index contributed by atoms with van der Waals surface area (Å²) >= 11 is 1.49. The predicted octanol–water partition coefficient (Wildman–Crippen LogP) is -0.893. The molecule has 1 aromatic heterocycles. The number of piperazine rings is 1. The first-order chi connectivity index (χ1) is 10.1. The lowest BCUT2D eigenvalue weighted by molar-refractivity contribution is -0.133. The second-order valence-electron chi connectivity index (χ2n) is 4.67. The summed E-state index contributed by atoms with van der Waals surface area (Å²) in [7, 11) is 0. The minimum atomic E-state index is -0.352. The van der Waals surface area contributed by atoms with Gasteiger partial charge in [0.1, 0.15) is 0 Å². The van der Waals surface area contributed by atoms with E-state index < -0.39 is 0 Å². The van der Waals surface area contributed by atoms with Gasteiger partial charge >= 0.3 is 0 Å². The molecule has 7 nitrogen and oxygen atoms in total. The number of nitrogens with two attached hydrogens (primary N) is 1. The lowest BCUT2D eigenvalue weighted by atomic mass is 10.2. The Bertz CT molecular complexity index is 509. The van der Waals surface area contributed by atoms with Gasteiger partial charge in [-0.1, -0.05) is 0 Å². The third-order valence-electron chi connectivity index (χ3n) is 3.31. The van der Waals surface area contributed by atoms with E-state index in [2.05, 4.69) is 5.32 Å². The van der Waals surface area contributed by atoms with Crippen LogP contribution in [-0.2, 0) is 9.59 Å². The summed E-state index contributed by atoms with van der Waals surface area (Å²) in [6, 6.07) is 1.80. The molecule has 0 bridgehead atoms. The highest BCUT2D eigenvalue weighted by Crippen LogP contribution is 2.11. The minimum Gasteiger partial charge on any atom is -0.346 e. The number of hydrogen-bond acceptors (Lipinski definition) is 5. The Balaban J connectivity index is 1.79. The molecule has 0 saturated carbocycles. The molecular formula is C13H18N4O3S. The van der Waals surface area contributed by atoms with Crippen LogP contribution < -0.4 is 11.1 Å². The SMILES string of the molecule is NCC(=O)NCC(=O)N1CCN(C(=O)c2ccsc2)CC1. The molecule has 0 spiro atoms. The van der Waals surface area contributed by atoms with Crippen molar-refractivity contribution < 1.29 is 14.4 Å². The number of nitrogens with one attached hydrogen (secondary N) is 1. The number of thiophene rings is 1. The molecule has 0 radical (unpaired) electrons. The number of amides is 3. The van der Waals surface area contributed by atoms with Crippen molar-refractivity contribution in [3.8, 4) is 0 Å². The topological polar surface area (TPSA) is 95.7 Å². The first-order valence-corrected chi connectivity index (χ1v) is 7.62. The standard InChI is InChI=1S/C13H18N4O3S/c14-7-11(18)15-8-12(19)16-2-4-17(5-3-16)13(20)10-1-6-21-9-10/h1,6,9H,2-5,7-8,14H2,(H,15,18). The van der Waals surface area contributed by atoms with Crippen molar-refractivity contribution >= 4 is 29.1 Å². The maximum atomic E-state index is 12.1. The largest absolute Gasteiger partial charge is 0.346 e. The normalized spacial score (nSPS) is 14.9. The summed E-state index contributed by atoms with van der Waals surface area (Å²) in [5.74, 6) is -0.506. The molecule has 3 N–H and O–H groups in total. The highest BCUT2D eigenvalue weighted by Gasteiger charge is 2.24. The number of carbonyl (C=O) groups excluding carboxylic acids is 3. The number of carbonyl (C=O) groups is 3. The second-order valence-corrected chi connectivity index (χ2v) is 5.45. The van der Waals surface area contributed by atoms with Gasteiger partial charge in [0.25, 0.3) is 5.91 Å². The molecule has 8 heteroatoms. The van der Waals surface area contributed by atoms with E-state index in [0.717, 1.165) is 0 Å². The lowest BCUT2D eigenvalue weighted by Gasteiger charge is -2.34. The fraction of sp³-hybridized carbons (Fsp3) is 0.462. The van der Waals surface area contributed by atoms with Crippen molar-refractivity contribution in [1.29, 1.82) is 0 Å². The zero-order valence-electron chi connectivity index (χ0n) is 11.6. The van der Waals surface area contributed by atoms with Gasteiger partial charge in [0, 0.05) is 31.6 Å². The molecule has 1 aliphatic rings. The maximum Gasteiger partial charge on any atom is 0.254 e. The van der Waals surface area contributed by atoms with Crippen LogP contribution in [0.5, 0.6) is 0 Å². The van der Waals surface area contributed by atoms with E-state index in [-0.39, 0.29) is 30.8 Å². The molecule has 0 aromatic carbocycles. The van der Waals surface area contributed by atoms with Crippen molar-refractivity contribution in [2.24, 2.45) is 5.73 Å². The first kappa shape index (κ1) is 15.5. The van der Waals surface area contributed by atoms with Gasteiger partial charge in [-0.05, 0) is 11.4 Å². The van der Waals surface area contributed by atoms with Crippen molar-refractivity contribution in [1.82, 2.24) is 15.1 Å². The quantitative estimate of drug-likeness (QED) is 0.754. The fourth-order valence-electron chi connectivity index (χ4n) is 2.09. The van der Waals surface area contributed by atoms with Gasteiger partial charge in [0.15, 0.2) is 0 Å². The third-order valence-corrected chi connectivity index (χ3v) is 3.99. The Kier molecular flexibility index (Phi) is 5.29. The van der Waals surface area contributed by atoms with Crippen LogP contribution in [0.2, 0.25) is 0 Å². The average molecular weight is 310 g/mol. The van der Waals surface area contributed by atoms with Gasteiger partial charge in [0.2, 0.25) is 11.8 Å². The van der Waals surface area contributed by atoms with Crippen molar-refractivity contribution in [3.63, 3.8) is 0 Å². The molecule has 1 aromatic rings. The van der Waals surface area contributed by atoms with Crippen LogP contribution in [0.25, 0.3) is 0 Å².